The molecule has 0 fully saturated rings. The van der Waals surface area contributed by atoms with Gasteiger partial charge in [-0.2, -0.15) is 5.10 Å². The molecule has 0 radical (unpaired) electrons. The van der Waals surface area contributed by atoms with Crippen LogP contribution >= 0.6 is 34.8 Å². The highest BCUT2D eigenvalue weighted by atomic mass is 35.5. The number of ether oxygens (including phenoxy) is 1. The van der Waals surface area contributed by atoms with Crippen molar-refractivity contribution in [1.29, 1.82) is 0 Å². The summed E-state index contributed by atoms with van der Waals surface area (Å²) in [5, 5.41) is 3.65. The number of hydrazone groups is 1. The van der Waals surface area contributed by atoms with Gasteiger partial charge in [0.05, 0.1) is 23.5 Å². The van der Waals surface area contributed by atoms with Crippen LogP contribution in [0.4, 0.5) is 5.69 Å². The van der Waals surface area contributed by atoms with Crippen molar-refractivity contribution in [3.63, 3.8) is 0 Å². The van der Waals surface area contributed by atoms with Gasteiger partial charge in [-0.05, 0) is 36.2 Å². The van der Waals surface area contributed by atoms with Crippen LogP contribution in [-0.2, 0) is 0 Å². The number of nitrogen functional groups attached to an aromatic ring is 1. The van der Waals surface area contributed by atoms with E-state index in [-0.39, 0.29) is 26.6 Å². The summed E-state index contributed by atoms with van der Waals surface area (Å²) in [7, 11) is 0. The van der Waals surface area contributed by atoms with E-state index in [9.17, 15) is 4.79 Å². The summed E-state index contributed by atoms with van der Waals surface area (Å²) in [5.74, 6) is 0.111. The van der Waals surface area contributed by atoms with Crippen molar-refractivity contribution in [2.75, 3.05) is 12.3 Å². The van der Waals surface area contributed by atoms with E-state index in [0.29, 0.717) is 6.61 Å². The summed E-state index contributed by atoms with van der Waals surface area (Å²) in [5.41, 5.74) is 8.58. The molecule has 1 aromatic carbocycles. The number of hydrogen-bond donors (Lipinski definition) is 2. The lowest BCUT2D eigenvalue weighted by Crippen LogP contribution is -2.20. The topological polar surface area (TPSA) is 89.6 Å². The zero-order valence-corrected chi connectivity index (χ0v) is 15.5. The highest BCUT2D eigenvalue weighted by molar-refractivity contribution is 6.46. The Balaban J connectivity index is 2.03. The van der Waals surface area contributed by atoms with Crippen molar-refractivity contribution >= 4 is 52.6 Å². The number of nitrogens with two attached hydrogens (primary N) is 1. The van der Waals surface area contributed by atoms with Gasteiger partial charge in [0.15, 0.2) is 10.8 Å². The lowest BCUT2D eigenvalue weighted by atomic mass is 10.2. The molecule has 1 aromatic heterocycles. The van der Waals surface area contributed by atoms with Crippen LogP contribution in [0.3, 0.4) is 0 Å². The van der Waals surface area contributed by atoms with E-state index in [0.717, 1.165) is 17.7 Å². The van der Waals surface area contributed by atoms with Gasteiger partial charge >= 0.3 is 0 Å². The Morgan fingerprint density at radius 1 is 1.28 bits per heavy atom. The standard InChI is InChI=1S/C16H15Cl3N4O2/c1-2-7-25-10-5-3-9(4-6-10)8-21-23-16(24)14-11(17)13(20)12(18)15(19)22-14/h3-6,8H,2,7H2,1H3,(H2,20,22)(H,23,24)/b21-8-. The molecule has 132 valence electrons. The number of nitrogens with zero attached hydrogens (tertiary/aromatic N) is 2. The molecule has 0 spiro atoms. The van der Waals surface area contributed by atoms with Crippen LogP contribution in [0.25, 0.3) is 0 Å². The molecular weight excluding hydrogens is 387 g/mol. The average molecular weight is 402 g/mol. The third-order valence-electron chi connectivity index (χ3n) is 3.02. The maximum absolute atomic E-state index is 12.1. The van der Waals surface area contributed by atoms with Crippen molar-refractivity contribution in [3.8, 4) is 5.75 Å². The van der Waals surface area contributed by atoms with Crippen LogP contribution in [0.5, 0.6) is 5.75 Å². The first kappa shape index (κ1) is 19.3. The van der Waals surface area contributed by atoms with Crippen LogP contribution < -0.4 is 15.9 Å². The van der Waals surface area contributed by atoms with Crippen molar-refractivity contribution in [2.24, 2.45) is 5.10 Å². The van der Waals surface area contributed by atoms with Gasteiger partial charge in [0, 0.05) is 0 Å². The molecule has 0 saturated heterocycles. The zero-order valence-electron chi connectivity index (χ0n) is 13.2. The summed E-state index contributed by atoms with van der Waals surface area (Å²) in [4.78, 5) is 15.9. The number of benzene rings is 1. The number of pyridine rings is 1. The molecule has 1 amide bonds. The average Bonchev–Trinajstić information content (AvgIpc) is 2.62. The molecule has 0 aliphatic heterocycles. The van der Waals surface area contributed by atoms with Crippen LogP contribution in [0.2, 0.25) is 15.2 Å². The molecule has 3 N–H and O–H groups in total. The molecule has 0 unspecified atom stereocenters. The van der Waals surface area contributed by atoms with Gasteiger partial charge < -0.3 is 10.5 Å². The minimum atomic E-state index is -0.658. The van der Waals surface area contributed by atoms with E-state index in [1.165, 1.54) is 6.21 Å². The quantitative estimate of drug-likeness (QED) is 0.432. The Morgan fingerprint density at radius 2 is 1.96 bits per heavy atom. The number of carbonyl (C=O) groups excluding carboxylic acids is 1. The second-order valence-electron chi connectivity index (χ2n) is 4.91. The van der Waals surface area contributed by atoms with E-state index >= 15 is 0 Å². The van der Waals surface area contributed by atoms with Gasteiger partial charge in [-0.25, -0.2) is 10.4 Å². The van der Waals surface area contributed by atoms with Gasteiger partial charge in [-0.3, -0.25) is 4.79 Å². The second-order valence-corrected chi connectivity index (χ2v) is 6.02. The number of hydrogen-bond acceptors (Lipinski definition) is 5. The van der Waals surface area contributed by atoms with E-state index in [4.69, 9.17) is 45.3 Å². The largest absolute Gasteiger partial charge is 0.494 e. The summed E-state index contributed by atoms with van der Waals surface area (Å²) >= 11 is 17.6. The summed E-state index contributed by atoms with van der Waals surface area (Å²) in [6.07, 6.45) is 2.40. The number of carbonyl (C=O) groups is 1. The molecule has 6 nitrogen and oxygen atoms in total. The minimum Gasteiger partial charge on any atom is -0.494 e. The fraction of sp³-hybridized carbons (Fsp3) is 0.188. The van der Waals surface area contributed by atoms with Crippen molar-refractivity contribution in [1.82, 2.24) is 10.4 Å². The Kier molecular flexibility index (Phi) is 6.87. The fourth-order valence-electron chi connectivity index (χ4n) is 1.77. The molecule has 25 heavy (non-hydrogen) atoms. The van der Waals surface area contributed by atoms with Gasteiger partial charge in [-0.15, -0.1) is 0 Å². The number of anilines is 1. The second kappa shape index (κ2) is 8.89. The summed E-state index contributed by atoms with van der Waals surface area (Å²) < 4.78 is 5.48. The SMILES string of the molecule is CCCOc1ccc(/C=N\NC(=O)c2nc(Cl)c(Cl)c(N)c2Cl)cc1. The zero-order chi connectivity index (χ0) is 18.4. The molecule has 1 heterocycles. The lowest BCUT2D eigenvalue weighted by molar-refractivity contribution is 0.0950. The number of amides is 1. The normalized spacial score (nSPS) is 10.9. The van der Waals surface area contributed by atoms with Crippen LogP contribution in [0.15, 0.2) is 29.4 Å². The molecule has 0 aliphatic rings. The number of aromatic nitrogens is 1. The molecule has 0 aliphatic carbocycles. The molecule has 0 atom stereocenters. The maximum Gasteiger partial charge on any atom is 0.291 e. The Morgan fingerprint density at radius 3 is 2.60 bits per heavy atom. The third kappa shape index (κ3) is 4.98. The molecule has 9 heteroatoms. The van der Waals surface area contributed by atoms with Crippen LogP contribution in [-0.4, -0.2) is 23.7 Å². The first-order chi connectivity index (χ1) is 11.9. The number of rotatable bonds is 6. The predicted molar refractivity (Wildman–Crippen MR) is 101 cm³/mol. The lowest BCUT2D eigenvalue weighted by Gasteiger charge is -2.07. The van der Waals surface area contributed by atoms with Crippen molar-refractivity contribution in [3.05, 3.63) is 50.7 Å². The Bertz CT molecular complexity index is 795. The first-order valence-corrected chi connectivity index (χ1v) is 8.43. The van der Waals surface area contributed by atoms with Crippen molar-refractivity contribution < 1.29 is 9.53 Å². The van der Waals surface area contributed by atoms with E-state index in [1.807, 2.05) is 31.2 Å². The molecule has 2 rings (SSSR count). The smallest absolute Gasteiger partial charge is 0.291 e. The number of halogens is 3. The highest BCUT2D eigenvalue weighted by Crippen LogP contribution is 2.34. The monoisotopic (exact) mass is 400 g/mol. The minimum absolute atomic E-state index is 0.00269. The molecule has 0 bridgehead atoms. The fourth-order valence-corrected chi connectivity index (χ4v) is 2.36. The number of nitrogens with one attached hydrogen (secondary N) is 1. The Hall–Kier alpha value is -2.02. The molecule has 0 saturated carbocycles. The maximum atomic E-state index is 12.1. The Labute approximate surface area is 159 Å². The first-order valence-electron chi connectivity index (χ1n) is 7.30. The van der Waals surface area contributed by atoms with E-state index in [2.05, 4.69) is 15.5 Å². The molecular formula is C16H15Cl3N4O2. The van der Waals surface area contributed by atoms with Gasteiger partial charge in [0.25, 0.3) is 5.91 Å². The van der Waals surface area contributed by atoms with Crippen LogP contribution in [0.1, 0.15) is 29.4 Å². The van der Waals surface area contributed by atoms with Crippen molar-refractivity contribution in [2.45, 2.75) is 13.3 Å². The predicted octanol–water partition coefficient (Wildman–Crippen LogP) is 4.18. The van der Waals surface area contributed by atoms with Crippen LogP contribution in [0, 0.1) is 0 Å². The highest BCUT2D eigenvalue weighted by Gasteiger charge is 2.19. The van der Waals surface area contributed by atoms with Gasteiger partial charge in [0.1, 0.15) is 10.8 Å². The van der Waals surface area contributed by atoms with E-state index < -0.39 is 5.91 Å². The summed E-state index contributed by atoms with van der Waals surface area (Å²) in [6, 6.07) is 7.25. The van der Waals surface area contributed by atoms with Gasteiger partial charge in [-0.1, -0.05) is 41.7 Å². The third-order valence-corrected chi connectivity index (χ3v) is 4.16. The van der Waals surface area contributed by atoms with Gasteiger partial charge in [0.2, 0.25) is 0 Å². The summed E-state index contributed by atoms with van der Waals surface area (Å²) in [6.45, 7) is 2.69. The van der Waals surface area contributed by atoms with E-state index in [1.54, 1.807) is 0 Å². The molecule has 2 aromatic rings.